The normalized spacial score (nSPS) is 18.7. The summed E-state index contributed by atoms with van der Waals surface area (Å²) in [5, 5.41) is 0. The fourth-order valence-electron chi connectivity index (χ4n) is 3.24. The first-order chi connectivity index (χ1) is 11.5. The van der Waals surface area contributed by atoms with Gasteiger partial charge in [-0.25, -0.2) is 0 Å². The fourth-order valence-corrected chi connectivity index (χ4v) is 3.24. The second-order valence-electron chi connectivity index (χ2n) is 7.31. The summed E-state index contributed by atoms with van der Waals surface area (Å²) in [7, 11) is 0. The fraction of sp³-hybridized carbons (Fsp3) is 0.421. The molecular formula is C19H22N2O3. The minimum absolute atomic E-state index is 0.0810. The van der Waals surface area contributed by atoms with Crippen LogP contribution in [0.4, 0.5) is 0 Å². The Balaban J connectivity index is 1.51. The Hall–Kier alpha value is -2.43. The zero-order valence-corrected chi connectivity index (χ0v) is 14.1. The monoisotopic (exact) mass is 326 g/mol. The summed E-state index contributed by atoms with van der Waals surface area (Å²) >= 11 is 0. The van der Waals surface area contributed by atoms with Gasteiger partial charge in [0.15, 0.2) is 11.5 Å². The molecule has 2 aliphatic heterocycles. The molecule has 1 fully saturated rings. The summed E-state index contributed by atoms with van der Waals surface area (Å²) in [5.41, 5.74) is 2.87. The van der Waals surface area contributed by atoms with Crippen LogP contribution in [0.5, 0.6) is 11.5 Å². The van der Waals surface area contributed by atoms with Gasteiger partial charge in [-0.3, -0.25) is 4.79 Å². The van der Waals surface area contributed by atoms with Gasteiger partial charge in [0.2, 0.25) is 6.79 Å². The number of hydrogen-bond donors (Lipinski definition) is 1. The molecule has 0 atom stereocenters. The lowest BCUT2D eigenvalue weighted by Gasteiger charge is -2.36. The maximum atomic E-state index is 12.7. The molecule has 1 N–H and O–H groups in total. The van der Waals surface area contributed by atoms with Crippen molar-refractivity contribution >= 4 is 5.91 Å². The van der Waals surface area contributed by atoms with Gasteiger partial charge in [0.05, 0.1) is 0 Å². The molecule has 1 aromatic heterocycles. The summed E-state index contributed by atoms with van der Waals surface area (Å²) in [6.45, 7) is 6.44. The lowest BCUT2D eigenvalue weighted by Crippen LogP contribution is -2.41. The van der Waals surface area contributed by atoms with Crippen molar-refractivity contribution in [2.24, 2.45) is 5.41 Å². The van der Waals surface area contributed by atoms with Gasteiger partial charge in [-0.1, -0.05) is 13.8 Å². The molecule has 5 nitrogen and oxygen atoms in total. The van der Waals surface area contributed by atoms with Crippen LogP contribution in [0.3, 0.4) is 0 Å². The minimum Gasteiger partial charge on any atom is -0.454 e. The number of fused-ring (bicyclic) bond motifs is 1. The van der Waals surface area contributed by atoms with Crippen molar-refractivity contribution in [2.45, 2.75) is 26.7 Å². The first-order valence-corrected chi connectivity index (χ1v) is 8.40. The third kappa shape index (κ3) is 2.75. The summed E-state index contributed by atoms with van der Waals surface area (Å²) in [5.74, 6) is 1.59. The lowest BCUT2D eigenvalue weighted by atomic mass is 9.82. The Bertz CT molecular complexity index is 769. The van der Waals surface area contributed by atoms with Crippen LogP contribution in [-0.4, -0.2) is 35.7 Å². The van der Waals surface area contributed by atoms with Crippen LogP contribution < -0.4 is 9.47 Å². The van der Waals surface area contributed by atoms with Crippen molar-refractivity contribution in [2.75, 3.05) is 19.9 Å². The highest BCUT2D eigenvalue weighted by Gasteiger charge is 2.28. The third-order valence-corrected chi connectivity index (χ3v) is 5.00. The van der Waals surface area contributed by atoms with E-state index in [1.807, 2.05) is 35.2 Å². The Morgan fingerprint density at radius 1 is 1.08 bits per heavy atom. The topological polar surface area (TPSA) is 54.6 Å². The average molecular weight is 326 g/mol. The molecule has 0 radical (unpaired) electrons. The van der Waals surface area contributed by atoms with Crippen LogP contribution in [0, 0.1) is 5.41 Å². The molecule has 1 aromatic carbocycles. The molecular weight excluding hydrogens is 304 g/mol. The van der Waals surface area contributed by atoms with E-state index >= 15 is 0 Å². The van der Waals surface area contributed by atoms with E-state index in [0.29, 0.717) is 11.1 Å². The summed E-state index contributed by atoms with van der Waals surface area (Å²) in [6, 6.07) is 9.61. The maximum absolute atomic E-state index is 12.7. The van der Waals surface area contributed by atoms with Crippen LogP contribution >= 0.6 is 0 Å². The molecule has 4 rings (SSSR count). The van der Waals surface area contributed by atoms with Crippen molar-refractivity contribution in [1.29, 1.82) is 0 Å². The molecule has 1 amide bonds. The van der Waals surface area contributed by atoms with Gasteiger partial charge in [-0.2, -0.15) is 0 Å². The van der Waals surface area contributed by atoms with Gasteiger partial charge >= 0.3 is 0 Å². The Kier molecular flexibility index (Phi) is 3.52. The maximum Gasteiger partial charge on any atom is 0.270 e. The summed E-state index contributed by atoms with van der Waals surface area (Å²) in [4.78, 5) is 17.9. The predicted octanol–water partition coefficient (Wildman–Crippen LogP) is 3.67. The number of nitrogens with one attached hydrogen (secondary N) is 1. The zero-order chi connectivity index (χ0) is 16.7. The summed E-state index contributed by atoms with van der Waals surface area (Å²) < 4.78 is 10.8. The highest BCUT2D eigenvalue weighted by Crippen LogP contribution is 2.36. The largest absolute Gasteiger partial charge is 0.454 e. The molecule has 0 unspecified atom stereocenters. The number of rotatable bonds is 2. The number of aromatic nitrogens is 1. The molecule has 24 heavy (non-hydrogen) atoms. The second kappa shape index (κ2) is 5.58. The number of benzene rings is 1. The van der Waals surface area contributed by atoms with Crippen molar-refractivity contribution in [3.63, 3.8) is 0 Å². The van der Waals surface area contributed by atoms with E-state index in [9.17, 15) is 4.79 Å². The first-order valence-electron chi connectivity index (χ1n) is 8.40. The number of nitrogens with zero attached hydrogens (tertiary/aromatic N) is 1. The van der Waals surface area contributed by atoms with Crippen LogP contribution in [0.2, 0.25) is 0 Å². The van der Waals surface area contributed by atoms with Crippen molar-refractivity contribution in [3.8, 4) is 22.8 Å². The Morgan fingerprint density at radius 3 is 2.62 bits per heavy atom. The number of carbonyl (C=O) groups is 1. The molecule has 1 saturated heterocycles. The molecule has 2 aromatic rings. The summed E-state index contributed by atoms with van der Waals surface area (Å²) in [6.07, 6.45) is 2.10. The average Bonchev–Trinajstić information content (AvgIpc) is 3.22. The number of hydrogen-bond acceptors (Lipinski definition) is 3. The van der Waals surface area contributed by atoms with Gasteiger partial charge in [-0.15, -0.1) is 0 Å². The molecule has 3 heterocycles. The zero-order valence-electron chi connectivity index (χ0n) is 14.1. The van der Waals surface area contributed by atoms with Crippen LogP contribution in [0.25, 0.3) is 11.3 Å². The molecule has 126 valence electrons. The van der Waals surface area contributed by atoms with E-state index < -0.39 is 0 Å². The standard InChI is InChI=1S/C19H22N2O3/c1-19(2)7-9-21(10-8-19)18(22)15-5-4-14(20-15)13-3-6-16-17(11-13)24-12-23-16/h3-6,11,20H,7-10,12H2,1-2H3. The highest BCUT2D eigenvalue weighted by atomic mass is 16.7. The third-order valence-electron chi connectivity index (χ3n) is 5.00. The number of aromatic amines is 1. The number of amides is 1. The quantitative estimate of drug-likeness (QED) is 0.916. The molecule has 2 aliphatic rings. The van der Waals surface area contributed by atoms with Gasteiger partial charge < -0.3 is 19.4 Å². The Morgan fingerprint density at radius 2 is 1.83 bits per heavy atom. The minimum atomic E-state index is 0.0810. The number of carbonyl (C=O) groups excluding carboxylic acids is 1. The SMILES string of the molecule is CC1(C)CCN(C(=O)c2ccc(-c3ccc4c(c3)OCO4)[nH]2)CC1. The van der Waals surface area contributed by atoms with E-state index in [4.69, 9.17) is 9.47 Å². The van der Waals surface area contributed by atoms with Crippen molar-refractivity contribution < 1.29 is 14.3 Å². The van der Waals surface area contributed by atoms with Crippen molar-refractivity contribution in [3.05, 3.63) is 36.0 Å². The van der Waals surface area contributed by atoms with E-state index in [1.54, 1.807) is 0 Å². The van der Waals surface area contributed by atoms with Gasteiger partial charge in [0.25, 0.3) is 5.91 Å². The van der Waals surface area contributed by atoms with Crippen LogP contribution in [-0.2, 0) is 0 Å². The number of piperidine rings is 1. The van der Waals surface area contributed by atoms with Gasteiger partial charge in [0, 0.05) is 24.3 Å². The van der Waals surface area contributed by atoms with Gasteiger partial charge in [-0.05, 0) is 48.6 Å². The molecule has 0 aliphatic carbocycles. The number of H-pyrrole nitrogens is 1. The highest BCUT2D eigenvalue weighted by molar-refractivity contribution is 5.93. The number of likely N-dealkylation sites (tertiary alicyclic amines) is 1. The molecule has 5 heteroatoms. The Labute approximate surface area is 141 Å². The molecule has 0 bridgehead atoms. The smallest absolute Gasteiger partial charge is 0.270 e. The molecule has 0 saturated carbocycles. The molecule has 0 spiro atoms. The number of ether oxygens (including phenoxy) is 2. The van der Waals surface area contributed by atoms with Crippen molar-refractivity contribution in [1.82, 2.24) is 9.88 Å². The van der Waals surface area contributed by atoms with E-state index in [2.05, 4.69) is 18.8 Å². The second-order valence-corrected chi connectivity index (χ2v) is 7.31. The van der Waals surface area contributed by atoms with Gasteiger partial charge in [0.1, 0.15) is 5.69 Å². The van der Waals surface area contributed by atoms with E-state index in [-0.39, 0.29) is 12.7 Å². The lowest BCUT2D eigenvalue weighted by molar-refractivity contribution is 0.0625. The van der Waals surface area contributed by atoms with Crippen LogP contribution in [0.15, 0.2) is 30.3 Å². The first kappa shape index (κ1) is 15.1. The predicted molar refractivity (Wildman–Crippen MR) is 91.3 cm³/mol. The van der Waals surface area contributed by atoms with E-state index in [0.717, 1.165) is 48.7 Å². The van der Waals surface area contributed by atoms with E-state index in [1.165, 1.54) is 0 Å². The van der Waals surface area contributed by atoms with Crippen LogP contribution in [0.1, 0.15) is 37.2 Å².